The minimum Gasteiger partial charge on any atom is -0.376 e. The molecular formula is C17H14ClN3O2. The van der Waals surface area contributed by atoms with E-state index in [1.165, 1.54) is 13.0 Å². The Kier molecular flexibility index (Phi) is 5.34. The zero-order valence-corrected chi connectivity index (χ0v) is 13.1. The van der Waals surface area contributed by atoms with Gasteiger partial charge in [-0.25, -0.2) is 0 Å². The van der Waals surface area contributed by atoms with Crippen molar-refractivity contribution >= 4 is 34.7 Å². The number of carbonyl (C=O) groups is 2. The molecule has 2 aromatic carbocycles. The summed E-state index contributed by atoms with van der Waals surface area (Å²) in [6.07, 6.45) is 0. The van der Waals surface area contributed by atoms with Crippen molar-refractivity contribution < 1.29 is 9.59 Å². The smallest absolute Gasteiger partial charge is 0.243 e. The molecule has 0 heterocycles. The second-order valence-electron chi connectivity index (χ2n) is 4.84. The predicted molar refractivity (Wildman–Crippen MR) is 89.7 cm³/mol. The molecule has 0 fully saturated rings. The standard InChI is InChI=1S/C17H14ClN3O2/c1-11(22)12-2-5-14(6-3-12)20-10-17(23)21-15-7-4-13(9-19)16(18)8-15/h2-8,20H,10H2,1H3,(H,21,23). The van der Waals surface area contributed by atoms with E-state index in [0.717, 1.165) is 5.69 Å². The zero-order chi connectivity index (χ0) is 16.8. The molecule has 0 spiro atoms. The maximum absolute atomic E-state index is 11.9. The lowest BCUT2D eigenvalue weighted by molar-refractivity contribution is -0.114. The molecule has 1 amide bonds. The van der Waals surface area contributed by atoms with Crippen LogP contribution >= 0.6 is 11.6 Å². The molecule has 0 bridgehead atoms. The van der Waals surface area contributed by atoms with Crippen molar-refractivity contribution in [2.24, 2.45) is 0 Å². The van der Waals surface area contributed by atoms with Crippen molar-refractivity contribution in [3.8, 4) is 6.07 Å². The second-order valence-corrected chi connectivity index (χ2v) is 5.25. The fourth-order valence-electron chi connectivity index (χ4n) is 1.89. The summed E-state index contributed by atoms with van der Waals surface area (Å²) < 4.78 is 0. The van der Waals surface area contributed by atoms with Crippen molar-refractivity contribution in [2.45, 2.75) is 6.92 Å². The highest BCUT2D eigenvalue weighted by Gasteiger charge is 2.06. The Hall–Kier alpha value is -2.84. The maximum atomic E-state index is 11.9. The molecule has 0 atom stereocenters. The number of nitrogens with one attached hydrogen (secondary N) is 2. The van der Waals surface area contributed by atoms with E-state index < -0.39 is 0 Å². The minimum atomic E-state index is -0.249. The van der Waals surface area contributed by atoms with Crippen LogP contribution in [0.1, 0.15) is 22.8 Å². The third kappa shape index (κ3) is 4.56. The Morgan fingerprint density at radius 1 is 1.13 bits per heavy atom. The first kappa shape index (κ1) is 16.5. The van der Waals surface area contributed by atoms with Gasteiger partial charge in [0.2, 0.25) is 5.91 Å². The van der Waals surface area contributed by atoms with Gasteiger partial charge in [-0.2, -0.15) is 5.26 Å². The van der Waals surface area contributed by atoms with Crippen molar-refractivity contribution in [1.82, 2.24) is 0 Å². The van der Waals surface area contributed by atoms with E-state index >= 15 is 0 Å². The largest absolute Gasteiger partial charge is 0.376 e. The van der Waals surface area contributed by atoms with E-state index in [0.29, 0.717) is 16.8 Å². The number of Topliss-reactive ketones (excluding diaryl/α,β-unsaturated/α-hetero) is 1. The summed E-state index contributed by atoms with van der Waals surface area (Å²) in [5.41, 5.74) is 2.23. The van der Waals surface area contributed by atoms with E-state index in [9.17, 15) is 9.59 Å². The van der Waals surface area contributed by atoms with Crippen LogP contribution in [0.4, 0.5) is 11.4 Å². The average Bonchev–Trinajstić information content (AvgIpc) is 2.53. The number of amides is 1. The van der Waals surface area contributed by atoms with Crippen molar-refractivity contribution in [3.63, 3.8) is 0 Å². The normalized spacial score (nSPS) is 9.78. The lowest BCUT2D eigenvalue weighted by atomic mass is 10.1. The second kappa shape index (κ2) is 7.43. The number of nitriles is 1. The number of halogens is 1. The fourth-order valence-corrected chi connectivity index (χ4v) is 2.12. The molecule has 0 saturated carbocycles. The summed E-state index contributed by atoms with van der Waals surface area (Å²) in [5, 5.41) is 14.7. The molecule has 0 aliphatic carbocycles. The number of ketones is 1. The first-order valence-corrected chi connectivity index (χ1v) is 7.22. The summed E-state index contributed by atoms with van der Waals surface area (Å²) in [4.78, 5) is 23.1. The van der Waals surface area contributed by atoms with E-state index in [2.05, 4.69) is 10.6 Å². The quantitative estimate of drug-likeness (QED) is 0.824. The highest BCUT2D eigenvalue weighted by atomic mass is 35.5. The van der Waals surface area contributed by atoms with Gasteiger partial charge in [0.1, 0.15) is 6.07 Å². The average molecular weight is 328 g/mol. The van der Waals surface area contributed by atoms with E-state index in [1.54, 1.807) is 36.4 Å². The summed E-state index contributed by atoms with van der Waals surface area (Å²) in [6, 6.07) is 13.5. The molecule has 0 aromatic heterocycles. The number of rotatable bonds is 5. The first-order valence-electron chi connectivity index (χ1n) is 6.84. The number of hydrogen-bond donors (Lipinski definition) is 2. The van der Waals surface area contributed by atoms with Gasteiger partial charge < -0.3 is 10.6 Å². The molecule has 2 aromatic rings. The Labute approximate surface area is 138 Å². The first-order chi connectivity index (χ1) is 11.0. The van der Waals surface area contributed by atoms with Crippen molar-refractivity contribution in [2.75, 3.05) is 17.2 Å². The van der Waals surface area contributed by atoms with Gasteiger partial charge in [0.25, 0.3) is 0 Å². The van der Waals surface area contributed by atoms with Crippen LogP contribution in [0.5, 0.6) is 0 Å². The Bertz CT molecular complexity index is 779. The molecule has 23 heavy (non-hydrogen) atoms. The Balaban J connectivity index is 1.91. The van der Waals surface area contributed by atoms with Gasteiger partial charge in [0.15, 0.2) is 5.78 Å². The highest BCUT2D eigenvalue weighted by Crippen LogP contribution is 2.20. The van der Waals surface area contributed by atoms with Crippen LogP contribution in [0, 0.1) is 11.3 Å². The number of anilines is 2. The highest BCUT2D eigenvalue weighted by molar-refractivity contribution is 6.32. The van der Waals surface area contributed by atoms with Crippen LogP contribution in [-0.2, 0) is 4.79 Å². The van der Waals surface area contributed by atoms with Gasteiger partial charge in [0.05, 0.1) is 17.1 Å². The number of hydrogen-bond acceptors (Lipinski definition) is 4. The van der Waals surface area contributed by atoms with Crippen LogP contribution in [0.3, 0.4) is 0 Å². The molecule has 0 saturated heterocycles. The predicted octanol–water partition coefficient (Wildman–Crippen LogP) is 3.46. The van der Waals surface area contributed by atoms with Gasteiger partial charge in [0, 0.05) is 16.9 Å². The lowest BCUT2D eigenvalue weighted by Crippen LogP contribution is -2.21. The van der Waals surface area contributed by atoms with E-state index in [1.807, 2.05) is 6.07 Å². The van der Waals surface area contributed by atoms with Gasteiger partial charge in [-0.3, -0.25) is 9.59 Å². The summed E-state index contributed by atoms with van der Waals surface area (Å²) in [7, 11) is 0. The molecular weight excluding hydrogens is 314 g/mol. The van der Waals surface area contributed by atoms with Crippen LogP contribution < -0.4 is 10.6 Å². The Morgan fingerprint density at radius 2 is 1.78 bits per heavy atom. The van der Waals surface area contributed by atoms with E-state index in [4.69, 9.17) is 16.9 Å². The number of nitrogens with zero attached hydrogens (tertiary/aromatic N) is 1. The topological polar surface area (TPSA) is 82.0 Å². The molecule has 0 aliphatic rings. The zero-order valence-electron chi connectivity index (χ0n) is 12.4. The lowest BCUT2D eigenvalue weighted by Gasteiger charge is -2.09. The monoisotopic (exact) mass is 327 g/mol. The van der Waals surface area contributed by atoms with Gasteiger partial charge in [-0.1, -0.05) is 11.6 Å². The van der Waals surface area contributed by atoms with Crippen LogP contribution in [-0.4, -0.2) is 18.2 Å². The minimum absolute atomic E-state index is 0.00742. The molecule has 6 heteroatoms. The van der Waals surface area contributed by atoms with Gasteiger partial charge in [-0.15, -0.1) is 0 Å². The maximum Gasteiger partial charge on any atom is 0.243 e. The summed E-state index contributed by atoms with van der Waals surface area (Å²) >= 11 is 5.91. The third-order valence-corrected chi connectivity index (χ3v) is 3.43. The van der Waals surface area contributed by atoms with Gasteiger partial charge in [-0.05, 0) is 49.4 Å². The number of carbonyl (C=O) groups excluding carboxylic acids is 2. The molecule has 116 valence electrons. The van der Waals surface area contributed by atoms with Crippen LogP contribution in [0.2, 0.25) is 5.02 Å². The molecule has 2 N–H and O–H groups in total. The molecule has 5 nitrogen and oxygen atoms in total. The molecule has 0 radical (unpaired) electrons. The van der Waals surface area contributed by atoms with Crippen molar-refractivity contribution in [3.05, 3.63) is 58.6 Å². The van der Waals surface area contributed by atoms with Crippen LogP contribution in [0.15, 0.2) is 42.5 Å². The SMILES string of the molecule is CC(=O)c1ccc(NCC(=O)Nc2ccc(C#N)c(Cl)c2)cc1. The number of benzene rings is 2. The molecule has 2 rings (SSSR count). The third-order valence-electron chi connectivity index (χ3n) is 3.12. The fraction of sp³-hybridized carbons (Fsp3) is 0.118. The summed E-state index contributed by atoms with van der Waals surface area (Å²) in [6.45, 7) is 1.57. The van der Waals surface area contributed by atoms with Crippen LogP contribution in [0.25, 0.3) is 0 Å². The molecule has 0 unspecified atom stereocenters. The Morgan fingerprint density at radius 3 is 2.35 bits per heavy atom. The summed E-state index contributed by atoms with van der Waals surface area (Å²) in [5.74, 6) is -0.256. The van der Waals surface area contributed by atoms with E-state index in [-0.39, 0.29) is 23.3 Å². The van der Waals surface area contributed by atoms with Crippen molar-refractivity contribution in [1.29, 1.82) is 5.26 Å². The van der Waals surface area contributed by atoms with Gasteiger partial charge >= 0.3 is 0 Å². The molecule has 0 aliphatic heterocycles.